The maximum atomic E-state index is 11.5. The van der Waals surface area contributed by atoms with Gasteiger partial charge < -0.3 is 9.30 Å². The van der Waals surface area contributed by atoms with Crippen molar-refractivity contribution in [3.8, 4) is 0 Å². The molecular formula is C15H23NO3. The van der Waals surface area contributed by atoms with E-state index >= 15 is 0 Å². The fraction of sp³-hybridized carbons (Fsp3) is 0.600. The van der Waals surface area contributed by atoms with Crippen molar-refractivity contribution in [3.63, 3.8) is 0 Å². The third kappa shape index (κ3) is 5.73. The highest BCUT2D eigenvalue weighted by Crippen LogP contribution is 2.08. The lowest BCUT2D eigenvalue weighted by molar-refractivity contribution is -0.143. The van der Waals surface area contributed by atoms with Crippen LogP contribution < -0.4 is 0 Å². The molecule has 0 aliphatic heterocycles. The molecule has 0 spiro atoms. The molecule has 0 aliphatic rings. The largest absolute Gasteiger partial charge is 0.466 e. The van der Waals surface area contributed by atoms with Crippen LogP contribution in [0.1, 0.15) is 56.3 Å². The Balaban J connectivity index is 2.17. The van der Waals surface area contributed by atoms with Gasteiger partial charge in [0.15, 0.2) is 5.78 Å². The zero-order valence-corrected chi connectivity index (χ0v) is 11.9. The highest BCUT2D eigenvalue weighted by atomic mass is 16.5. The van der Waals surface area contributed by atoms with Gasteiger partial charge in [-0.15, -0.1) is 0 Å². The molecule has 0 aliphatic carbocycles. The molecule has 0 amide bonds. The molecule has 0 fully saturated rings. The van der Waals surface area contributed by atoms with Crippen LogP contribution in [0, 0.1) is 0 Å². The van der Waals surface area contributed by atoms with Gasteiger partial charge in [-0.3, -0.25) is 9.59 Å². The van der Waals surface area contributed by atoms with Gasteiger partial charge in [0.25, 0.3) is 0 Å². The average Bonchev–Trinajstić information content (AvgIpc) is 2.86. The Hall–Kier alpha value is -1.58. The minimum Gasteiger partial charge on any atom is -0.466 e. The number of hydrogen-bond donors (Lipinski definition) is 0. The van der Waals surface area contributed by atoms with E-state index in [0.717, 1.165) is 31.4 Å². The number of aryl methyl sites for hydroxylation is 1. The van der Waals surface area contributed by atoms with Crippen LogP contribution in [0.4, 0.5) is 0 Å². The molecule has 0 N–H and O–H groups in total. The lowest BCUT2D eigenvalue weighted by Gasteiger charge is -2.03. The molecule has 4 nitrogen and oxygen atoms in total. The number of esters is 1. The maximum Gasteiger partial charge on any atom is 0.305 e. The van der Waals surface area contributed by atoms with E-state index in [1.165, 1.54) is 0 Å². The Kier molecular flexibility index (Phi) is 6.93. The van der Waals surface area contributed by atoms with Gasteiger partial charge in [0.2, 0.25) is 0 Å². The van der Waals surface area contributed by atoms with Crippen LogP contribution in [0.5, 0.6) is 0 Å². The van der Waals surface area contributed by atoms with E-state index in [0.29, 0.717) is 19.4 Å². The molecule has 1 aromatic rings. The standard InChI is InChI=1S/C15H23NO3/c1-3-14(17)13-9-11-16(12-13)10-7-5-6-8-15(18)19-4-2/h9,11-12H,3-8,10H2,1-2H3. The van der Waals surface area contributed by atoms with Crippen molar-refractivity contribution in [1.82, 2.24) is 4.57 Å². The Labute approximate surface area is 114 Å². The summed E-state index contributed by atoms with van der Waals surface area (Å²) in [7, 11) is 0. The number of aromatic nitrogens is 1. The van der Waals surface area contributed by atoms with Crippen molar-refractivity contribution in [1.29, 1.82) is 0 Å². The van der Waals surface area contributed by atoms with Crippen LogP contribution in [0.3, 0.4) is 0 Å². The van der Waals surface area contributed by atoms with Crippen molar-refractivity contribution in [2.24, 2.45) is 0 Å². The second-order valence-electron chi connectivity index (χ2n) is 4.53. The van der Waals surface area contributed by atoms with Crippen LogP contribution in [-0.2, 0) is 16.1 Å². The summed E-state index contributed by atoms with van der Waals surface area (Å²) >= 11 is 0. The lowest BCUT2D eigenvalue weighted by atomic mass is 10.2. The number of ether oxygens (including phenoxy) is 1. The SMILES string of the molecule is CCOC(=O)CCCCCn1ccc(C(=O)CC)c1. The summed E-state index contributed by atoms with van der Waals surface area (Å²) in [6.45, 7) is 5.03. The summed E-state index contributed by atoms with van der Waals surface area (Å²) in [5.41, 5.74) is 0.786. The number of carbonyl (C=O) groups is 2. The fourth-order valence-electron chi connectivity index (χ4n) is 1.92. The van der Waals surface area contributed by atoms with Gasteiger partial charge in [-0.25, -0.2) is 0 Å². The molecule has 0 atom stereocenters. The Morgan fingerprint density at radius 1 is 1.21 bits per heavy atom. The van der Waals surface area contributed by atoms with Gasteiger partial charge in [0.1, 0.15) is 0 Å². The molecule has 1 aromatic heterocycles. The van der Waals surface area contributed by atoms with Crippen molar-refractivity contribution < 1.29 is 14.3 Å². The Morgan fingerprint density at radius 2 is 2.00 bits per heavy atom. The summed E-state index contributed by atoms with van der Waals surface area (Å²) in [6, 6.07) is 1.87. The predicted octanol–water partition coefficient (Wildman–Crippen LogP) is 3.20. The lowest BCUT2D eigenvalue weighted by Crippen LogP contribution is -2.03. The molecule has 1 heterocycles. The van der Waals surface area contributed by atoms with E-state index in [-0.39, 0.29) is 11.8 Å². The molecule has 0 unspecified atom stereocenters. The van der Waals surface area contributed by atoms with E-state index in [1.54, 1.807) is 0 Å². The molecule has 1 rings (SSSR count). The van der Waals surface area contributed by atoms with Crippen LogP contribution in [0.25, 0.3) is 0 Å². The summed E-state index contributed by atoms with van der Waals surface area (Å²) in [5, 5.41) is 0. The van der Waals surface area contributed by atoms with Gasteiger partial charge in [0, 0.05) is 37.3 Å². The summed E-state index contributed by atoms with van der Waals surface area (Å²) < 4.78 is 6.90. The second-order valence-corrected chi connectivity index (χ2v) is 4.53. The molecule has 0 saturated carbocycles. The van der Waals surface area contributed by atoms with Crippen LogP contribution >= 0.6 is 0 Å². The number of ketones is 1. The topological polar surface area (TPSA) is 48.3 Å². The van der Waals surface area contributed by atoms with E-state index in [9.17, 15) is 9.59 Å². The van der Waals surface area contributed by atoms with Gasteiger partial charge in [0.05, 0.1) is 6.61 Å². The predicted molar refractivity (Wildman–Crippen MR) is 74.2 cm³/mol. The average molecular weight is 265 g/mol. The van der Waals surface area contributed by atoms with Gasteiger partial charge in [-0.05, 0) is 25.8 Å². The van der Waals surface area contributed by atoms with Crippen molar-refractivity contribution in [2.75, 3.05) is 6.61 Å². The normalized spacial score (nSPS) is 10.4. The maximum absolute atomic E-state index is 11.5. The van der Waals surface area contributed by atoms with Crippen LogP contribution in [-0.4, -0.2) is 22.9 Å². The highest BCUT2D eigenvalue weighted by Gasteiger charge is 2.05. The van der Waals surface area contributed by atoms with Gasteiger partial charge >= 0.3 is 5.97 Å². The molecular weight excluding hydrogens is 242 g/mol. The quantitative estimate of drug-likeness (QED) is 0.391. The molecule has 0 bridgehead atoms. The van der Waals surface area contributed by atoms with Crippen LogP contribution in [0.15, 0.2) is 18.5 Å². The zero-order valence-electron chi connectivity index (χ0n) is 11.9. The third-order valence-corrected chi connectivity index (χ3v) is 3.00. The smallest absolute Gasteiger partial charge is 0.305 e. The zero-order chi connectivity index (χ0) is 14.1. The first kappa shape index (κ1) is 15.5. The van der Waals surface area contributed by atoms with E-state index in [2.05, 4.69) is 0 Å². The highest BCUT2D eigenvalue weighted by molar-refractivity contribution is 5.95. The fourth-order valence-corrected chi connectivity index (χ4v) is 1.92. The van der Waals surface area contributed by atoms with Crippen LogP contribution in [0.2, 0.25) is 0 Å². The first-order valence-electron chi connectivity index (χ1n) is 7.02. The number of rotatable bonds is 9. The molecule has 19 heavy (non-hydrogen) atoms. The monoisotopic (exact) mass is 265 g/mol. The number of hydrogen-bond acceptors (Lipinski definition) is 3. The third-order valence-electron chi connectivity index (χ3n) is 3.00. The molecule has 0 saturated heterocycles. The summed E-state index contributed by atoms with van der Waals surface area (Å²) in [5.74, 6) is 0.0698. The molecule has 4 heteroatoms. The van der Waals surface area contributed by atoms with E-state index in [1.807, 2.05) is 36.9 Å². The number of Topliss-reactive ketones (excluding diaryl/α,β-unsaturated/α-hetero) is 1. The summed E-state index contributed by atoms with van der Waals surface area (Å²) in [4.78, 5) is 22.6. The molecule has 0 aromatic carbocycles. The van der Waals surface area contributed by atoms with Crippen molar-refractivity contribution in [3.05, 3.63) is 24.0 Å². The second kappa shape index (κ2) is 8.51. The Bertz CT molecular complexity index is 409. The number of unbranched alkanes of at least 4 members (excludes halogenated alkanes) is 2. The van der Waals surface area contributed by atoms with Gasteiger partial charge in [-0.2, -0.15) is 0 Å². The molecule has 0 radical (unpaired) electrons. The Morgan fingerprint density at radius 3 is 2.68 bits per heavy atom. The minimum atomic E-state index is -0.112. The molecule has 106 valence electrons. The van der Waals surface area contributed by atoms with Gasteiger partial charge in [-0.1, -0.05) is 13.3 Å². The minimum absolute atomic E-state index is 0.112. The number of carbonyl (C=O) groups excluding carboxylic acids is 2. The first-order valence-corrected chi connectivity index (χ1v) is 7.02. The van der Waals surface area contributed by atoms with Crippen molar-refractivity contribution >= 4 is 11.8 Å². The number of nitrogens with zero attached hydrogens (tertiary/aromatic N) is 1. The van der Waals surface area contributed by atoms with Crippen molar-refractivity contribution in [2.45, 2.75) is 52.5 Å². The van der Waals surface area contributed by atoms with E-state index < -0.39 is 0 Å². The first-order chi connectivity index (χ1) is 9.17. The summed E-state index contributed by atoms with van der Waals surface area (Å²) in [6.07, 6.45) is 7.75. The van der Waals surface area contributed by atoms with E-state index in [4.69, 9.17) is 4.74 Å².